The lowest BCUT2D eigenvalue weighted by Crippen LogP contribution is -2.43. The summed E-state index contributed by atoms with van der Waals surface area (Å²) in [5.74, 6) is -2.27. The lowest BCUT2D eigenvalue weighted by molar-refractivity contribution is -0.142. The van der Waals surface area contributed by atoms with Crippen molar-refractivity contribution in [2.75, 3.05) is 33.7 Å². The normalized spacial score (nSPS) is 13.1. The first-order valence-corrected chi connectivity index (χ1v) is 23.3. The third-order valence-electron chi connectivity index (χ3n) is 10.8. The molecule has 10 N–H and O–H groups in total. The summed E-state index contributed by atoms with van der Waals surface area (Å²) < 4.78 is 0. The first-order chi connectivity index (χ1) is 28.8. The van der Waals surface area contributed by atoms with Gasteiger partial charge in [-0.1, -0.05) is 83.6 Å². The summed E-state index contributed by atoms with van der Waals surface area (Å²) in [5, 5.41) is 35.8. The average Bonchev–Trinajstić information content (AvgIpc) is 3.21. The SMILES string of the molecule is C=C(CCC(NC(=O)CCCCCCCCCCCCCCCCC(=O)O)C(=O)O)NCCCC[C@H](N)C(=O)NCCCCC(NC)C(=O)NCCCCC(NC)C(=O)S. The highest BCUT2D eigenvalue weighted by molar-refractivity contribution is 7.96. The van der Waals surface area contributed by atoms with Crippen molar-refractivity contribution in [1.29, 1.82) is 0 Å². The van der Waals surface area contributed by atoms with Gasteiger partial charge in [0, 0.05) is 38.2 Å². The van der Waals surface area contributed by atoms with Crippen molar-refractivity contribution >= 4 is 47.4 Å². The van der Waals surface area contributed by atoms with E-state index in [1.54, 1.807) is 14.1 Å². The summed E-state index contributed by atoms with van der Waals surface area (Å²) in [5.41, 5.74) is 6.80. The standard InChI is InChI=1S/C44H83N7O8S/c1-34(29-30-37(43(57)58)51-39(52)27-16-14-12-10-8-6-4-5-7-9-11-13-15-17-28-40(53)54)48-31-21-18-24-35(45)41(55)49-32-22-19-25-36(46-2)42(56)50-33-23-20-26-38(47-3)44(59)60/h35-38,46-48H,1,4-33,45H2,2-3H3,(H,49,55)(H,50,56)(H,51,52)(H,53,54)(H,57,58)(H,59,60)/t35-,36?,37?,38?/m0/s1. The molecule has 3 amide bonds. The van der Waals surface area contributed by atoms with Crippen LogP contribution in [0.15, 0.2) is 12.3 Å². The van der Waals surface area contributed by atoms with Gasteiger partial charge in [0.1, 0.15) is 6.04 Å². The molecule has 348 valence electrons. The van der Waals surface area contributed by atoms with E-state index in [4.69, 9.17) is 10.8 Å². The molecule has 0 aromatic carbocycles. The van der Waals surface area contributed by atoms with Gasteiger partial charge in [-0.25, -0.2) is 4.79 Å². The molecule has 4 atom stereocenters. The first kappa shape index (κ1) is 56.8. The van der Waals surface area contributed by atoms with E-state index in [-0.39, 0.29) is 47.8 Å². The van der Waals surface area contributed by atoms with E-state index in [0.717, 1.165) is 83.5 Å². The van der Waals surface area contributed by atoms with Gasteiger partial charge >= 0.3 is 11.9 Å². The van der Waals surface area contributed by atoms with Crippen LogP contribution >= 0.6 is 12.6 Å². The lowest BCUT2D eigenvalue weighted by atomic mass is 10.0. The molecule has 60 heavy (non-hydrogen) atoms. The quantitative estimate of drug-likeness (QED) is 0.0271. The molecule has 3 unspecified atom stereocenters. The maximum absolute atomic E-state index is 12.5. The van der Waals surface area contributed by atoms with Crippen molar-refractivity contribution in [1.82, 2.24) is 31.9 Å². The molecule has 0 aliphatic heterocycles. The first-order valence-electron chi connectivity index (χ1n) is 22.9. The van der Waals surface area contributed by atoms with E-state index in [1.165, 1.54) is 44.9 Å². The molecule has 0 saturated carbocycles. The predicted octanol–water partition coefficient (Wildman–Crippen LogP) is 5.47. The third kappa shape index (κ3) is 33.5. The lowest BCUT2D eigenvalue weighted by Gasteiger charge is -2.17. The fourth-order valence-corrected chi connectivity index (χ4v) is 7.18. The Kier molecular flexibility index (Phi) is 36.6. The largest absolute Gasteiger partial charge is 0.481 e. The molecule has 15 nitrogen and oxygen atoms in total. The van der Waals surface area contributed by atoms with Crippen LogP contribution in [0.5, 0.6) is 0 Å². The van der Waals surface area contributed by atoms with Crippen LogP contribution in [0.2, 0.25) is 0 Å². The summed E-state index contributed by atoms with van der Waals surface area (Å²) in [6.45, 7) is 5.63. The molecule has 16 heteroatoms. The zero-order valence-electron chi connectivity index (χ0n) is 37.1. The van der Waals surface area contributed by atoms with Crippen LogP contribution in [0, 0.1) is 0 Å². The van der Waals surface area contributed by atoms with E-state index in [1.807, 2.05) is 0 Å². The Morgan fingerprint density at radius 2 is 0.950 bits per heavy atom. The average molecular weight is 870 g/mol. The number of carbonyl (C=O) groups is 6. The Balaban J connectivity index is 3.93. The maximum atomic E-state index is 12.5. The summed E-state index contributed by atoms with van der Waals surface area (Å²) in [7, 11) is 3.48. The highest BCUT2D eigenvalue weighted by Crippen LogP contribution is 2.14. The second-order valence-electron chi connectivity index (χ2n) is 16.1. The van der Waals surface area contributed by atoms with Gasteiger partial charge in [0.05, 0.1) is 18.1 Å². The van der Waals surface area contributed by atoms with Crippen LogP contribution in [0.25, 0.3) is 0 Å². The molecule has 0 spiro atoms. The number of thiol groups is 1. The number of carboxylic acids is 2. The molecule has 0 fully saturated rings. The molecule has 0 bridgehead atoms. The highest BCUT2D eigenvalue weighted by atomic mass is 32.1. The van der Waals surface area contributed by atoms with Crippen LogP contribution in [0.4, 0.5) is 0 Å². The predicted molar refractivity (Wildman–Crippen MR) is 243 cm³/mol. The minimum absolute atomic E-state index is 0.0658. The molecule has 0 aromatic rings. The van der Waals surface area contributed by atoms with Crippen LogP contribution in [0.1, 0.15) is 173 Å². The van der Waals surface area contributed by atoms with Gasteiger partial charge in [0.15, 0.2) is 0 Å². The van der Waals surface area contributed by atoms with E-state index in [9.17, 15) is 33.9 Å². The monoisotopic (exact) mass is 870 g/mol. The minimum Gasteiger partial charge on any atom is -0.481 e. The molecule has 0 aromatic heterocycles. The molecule has 0 aliphatic carbocycles. The highest BCUT2D eigenvalue weighted by Gasteiger charge is 2.20. The molecule has 0 radical (unpaired) electrons. The summed E-state index contributed by atoms with van der Waals surface area (Å²) in [6, 6.07) is -2.19. The zero-order chi connectivity index (χ0) is 44.8. The topological polar surface area (TPSA) is 241 Å². The second kappa shape index (κ2) is 38.7. The van der Waals surface area contributed by atoms with Crippen molar-refractivity contribution < 1.29 is 39.0 Å². The van der Waals surface area contributed by atoms with Crippen molar-refractivity contribution in [3.63, 3.8) is 0 Å². The molecule has 0 saturated heterocycles. The number of allylic oxidation sites excluding steroid dienone is 1. The number of rotatable bonds is 43. The fraction of sp³-hybridized carbons (Fsp3) is 0.818. The van der Waals surface area contributed by atoms with E-state index in [2.05, 4.69) is 51.1 Å². The number of unbranched alkanes of at least 4 members (excludes halogenated alkanes) is 16. The van der Waals surface area contributed by atoms with Gasteiger partial charge in [-0.3, -0.25) is 24.0 Å². The van der Waals surface area contributed by atoms with Crippen LogP contribution in [0.3, 0.4) is 0 Å². The van der Waals surface area contributed by atoms with E-state index >= 15 is 0 Å². The van der Waals surface area contributed by atoms with Gasteiger partial charge in [0.25, 0.3) is 0 Å². The van der Waals surface area contributed by atoms with Crippen molar-refractivity contribution in [2.45, 2.75) is 198 Å². The van der Waals surface area contributed by atoms with E-state index in [0.29, 0.717) is 57.4 Å². The Morgan fingerprint density at radius 1 is 0.517 bits per heavy atom. The molecule has 0 heterocycles. The second-order valence-corrected chi connectivity index (χ2v) is 16.5. The summed E-state index contributed by atoms with van der Waals surface area (Å²) >= 11 is 3.87. The third-order valence-corrected chi connectivity index (χ3v) is 11.1. The number of carbonyl (C=O) groups excluding carboxylic acids is 4. The molecular formula is C44H83N7O8S. The number of likely N-dealkylation sites (N-methyl/N-ethyl adjacent to an activating group) is 2. The number of carboxylic acid groups (broad SMARTS) is 2. The van der Waals surface area contributed by atoms with Crippen LogP contribution in [-0.4, -0.2) is 103 Å². The number of nitrogens with two attached hydrogens (primary N) is 1. The van der Waals surface area contributed by atoms with Gasteiger partial charge in [-0.2, -0.15) is 0 Å². The van der Waals surface area contributed by atoms with Crippen molar-refractivity contribution in [2.24, 2.45) is 5.73 Å². The van der Waals surface area contributed by atoms with Crippen LogP contribution < -0.4 is 37.6 Å². The molecule has 0 rings (SSSR count). The number of aliphatic carboxylic acids is 2. The van der Waals surface area contributed by atoms with Gasteiger partial charge < -0.3 is 47.8 Å². The Morgan fingerprint density at radius 3 is 1.42 bits per heavy atom. The zero-order valence-corrected chi connectivity index (χ0v) is 38.0. The maximum Gasteiger partial charge on any atom is 0.326 e. The summed E-state index contributed by atoms with van der Waals surface area (Å²) in [6.07, 6.45) is 23.0. The Labute approximate surface area is 366 Å². The Bertz CT molecular complexity index is 1210. The van der Waals surface area contributed by atoms with Crippen LogP contribution in [-0.2, 0) is 28.8 Å². The van der Waals surface area contributed by atoms with Gasteiger partial charge in [-0.05, 0) is 97.6 Å². The smallest absolute Gasteiger partial charge is 0.326 e. The van der Waals surface area contributed by atoms with Gasteiger partial charge in [-0.15, -0.1) is 12.6 Å². The number of hydrogen-bond acceptors (Lipinski definition) is 10. The molecule has 0 aliphatic rings. The van der Waals surface area contributed by atoms with Crippen molar-refractivity contribution in [3.05, 3.63) is 12.3 Å². The summed E-state index contributed by atoms with van der Waals surface area (Å²) in [4.78, 5) is 71.1. The number of hydrogen-bond donors (Lipinski definition) is 10. The minimum atomic E-state index is -1.06. The Hall–Kier alpha value is -3.21. The van der Waals surface area contributed by atoms with E-state index < -0.39 is 24.0 Å². The molecular weight excluding hydrogens is 787 g/mol. The van der Waals surface area contributed by atoms with Gasteiger partial charge in [0.2, 0.25) is 22.8 Å². The number of amides is 3. The number of nitrogens with one attached hydrogen (secondary N) is 6. The van der Waals surface area contributed by atoms with Crippen molar-refractivity contribution in [3.8, 4) is 0 Å². The fourth-order valence-electron chi connectivity index (χ4n) is 6.92.